The number of guanidine groups is 1. The van der Waals surface area contributed by atoms with Crippen LogP contribution in [0, 0.1) is 11.6 Å². The molecule has 1 amide bonds. The van der Waals surface area contributed by atoms with E-state index in [1.165, 1.54) is 0 Å². The Bertz CT molecular complexity index is 1100. The maximum absolute atomic E-state index is 14.2. The van der Waals surface area contributed by atoms with Crippen molar-refractivity contribution in [3.8, 4) is 11.3 Å². The zero-order valence-corrected chi connectivity index (χ0v) is 13.9. The lowest BCUT2D eigenvalue weighted by atomic mass is 9.97. The van der Waals surface area contributed by atoms with E-state index in [1.54, 1.807) is 0 Å². The van der Waals surface area contributed by atoms with E-state index in [1.807, 2.05) is 0 Å². The fourth-order valence-corrected chi connectivity index (χ4v) is 2.71. The highest BCUT2D eigenvalue weighted by Crippen LogP contribution is 2.39. The molecule has 144 valence electrons. The first-order valence-corrected chi connectivity index (χ1v) is 7.68. The van der Waals surface area contributed by atoms with E-state index in [4.69, 9.17) is 11.5 Å². The average Bonchev–Trinajstić information content (AvgIpc) is 2.59. The first-order chi connectivity index (χ1) is 13.1. The smallest absolute Gasteiger partial charge is 0.370 e. The summed E-state index contributed by atoms with van der Waals surface area (Å²) < 4.78 is 68.4. The molecule has 0 saturated heterocycles. The van der Waals surface area contributed by atoms with Crippen LogP contribution in [0.2, 0.25) is 0 Å². The predicted octanol–water partition coefficient (Wildman–Crippen LogP) is 3.61. The minimum Gasteiger partial charge on any atom is -0.370 e. The molecule has 0 atom stereocenters. The van der Waals surface area contributed by atoms with Crippen LogP contribution in [0.25, 0.3) is 22.0 Å². The summed E-state index contributed by atoms with van der Waals surface area (Å²) in [6.45, 7) is 0. The lowest BCUT2D eigenvalue weighted by molar-refractivity contribution is -0.136. The Morgan fingerprint density at radius 3 is 2.21 bits per heavy atom. The van der Waals surface area contributed by atoms with Crippen molar-refractivity contribution in [2.24, 2.45) is 16.5 Å². The van der Waals surface area contributed by atoms with Gasteiger partial charge in [0.05, 0.1) is 16.8 Å². The SMILES string of the molecule is NC(N)=NC(=O)c1ccc2c(C(F)(F)F)cnc(-c3c(F)cccc3F)c2c1. The number of hydrogen-bond acceptors (Lipinski definition) is 2. The highest BCUT2D eigenvalue weighted by molar-refractivity contribution is 6.06. The Hall–Kier alpha value is -3.56. The van der Waals surface area contributed by atoms with Crippen molar-refractivity contribution >= 4 is 22.6 Å². The lowest BCUT2D eigenvalue weighted by Gasteiger charge is -2.14. The summed E-state index contributed by atoms with van der Waals surface area (Å²) >= 11 is 0. The average molecular weight is 394 g/mol. The Kier molecular flexibility index (Phi) is 4.72. The molecule has 2 aromatic carbocycles. The molecule has 0 aliphatic carbocycles. The summed E-state index contributed by atoms with van der Waals surface area (Å²) in [4.78, 5) is 19.0. The number of nitrogens with two attached hydrogens (primary N) is 2. The van der Waals surface area contributed by atoms with Crippen LogP contribution in [0.4, 0.5) is 22.0 Å². The molecule has 0 aliphatic rings. The first-order valence-electron chi connectivity index (χ1n) is 7.68. The number of amides is 1. The van der Waals surface area contributed by atoms with Gasteiger partial charge in [0, 0.05) is 17.1 Å². The Morgan fingerprint density at radius 2 is 1.64 bits per heavy atom. The second kappa shape index (κ2) is 6.87. The molecule has 1 heterocycles. The third kappa shape index (κ3) is 3.48. The minimum absolute atomic E-state index is 0.181. The van der Waals surface area contributed by atoms with Gasteiger partial charge in [0.1, 0.15) is 11.6 Å². The van der Waals surface area contributed by atoms with Gasteiger partial charge < -0.3 is 11.5 Å². The minimum atomic E-state index is -4.77. The molecule has 0 bridgehead atoms. The van der Waals surface area contributed by atoms with Crippen LogP contribution in [0.1, 0.15) is 15.9 Å². The molecule has 0 fully saturated rings. The molecule has 0 spiro atoms. The highest BCUT2D eigenvalue weighted by Gasteiger charge is 2.34. The number of rotatable bonds is 2. The molecule has 28 heavy (non-hydrogen) atoms. The number of hydrogen-bond donors (Lipinski definition) is 2. The number of halogens is 5. The van der Waals surface area contributed by atoms with Crippen molar-refractivity contribution < 1.29 is 26.7 Å². The van der Waals surface area contributed by atoms with Crippen LogP contribution in [0.5, 0.6) is 0 Å². The molecule has 3 rings (SSSR count). The molecule has 0 unspecified atom stereocenters. The van der Waals surface area contributed by atoms with Crippen molar-refractivity contribution in [2.45, 2.75) is 6.18 Å². The highest BCUT2D eigenvalue weighted by atomic mass is 19.4. The van der Waals surface area contributed by atoms with Crippen molar-refractivity contribution in [2.75, 3.05) is 0 Å². The molecule has 0 saturated carbocycles. The first kappa shape index (κ1) is 19.2. The maximum atomic E-state index is 14.2. The topological polar surface area (TPSA) is 94.4 Å². The standard InChI is InChI=1S/C18H11F5N4O/c19-12-2-1-3-13(20)14(12)15-10-6-8(16(28)27-17(24)25)4-5-9(10)11(7-26-15)18(21,22)23/h1-7H,(H4,24,25,27,28). The Morgan fingerprint density at radius 1 is 1.00 bits per heavy atom. The summed E-state index contributed by atoms with van der Waals surface area (Å²) in [5, 5.41) is -0.670. The van der Waals surface area contributed by atoms with Crippen LogP contribution in [-0.4, -0.2) is 16.9 Å². The van der Waals surface area contributed by atoms with Gasteiger partial charge in [-0.1, -0.05) is 12.1 Å². The summed E-state index contributed by atoms with van der Waals surface area (Å²) in [5.41, 5.74) is 7.95. The maximum Gasteiger partial charge on any atom is 0.418 e. The molecule has 4 N–H and O–H groups in total. The molecular formula is C18H11F5N4O. The van der Waals surface area contributed by atoms with E-state index in [2.05, 4.69) is 9.98 Å². The monoisotopic (exact) mass is 394 g/mol. The number of pyridine rings is 1. The number of aromatic nitrogens is 1. The van der Waals surface area contributed by atoms with Gasteiger partial charge in [-0.15, -0.1) is 0 Å². The van der Waals surface area contributed by atoms with Crippen molar-refractivity contribution in [3.05, 3.63) is 65.4 Å². The summed E-state index contributed by atoms with van der Waals surface area (Å²) in [6.07, 6.45) is -4.29. The largest absolute Gasteiger partial charge is 0.418 e. The number of fused-ring (bicyclic) bond motifs is 1. The van der Waals surface area contributed by atoms with E-state index < -0.39 is 46.5 Å². The number of nitrogens with zero attached hydrogens (tertiary/aromatic N) is 2. The zero-order valence-electron chi connectivity index (χ0n) is 13.9. The lowest BCUT2D eigenvalue weighted by Crippen LogP contribution is -2.24. The quantitative estimate of drug-likeness (QED) is 0.394. The second-order valence-corrected chi connectivity index (χ2v) is 5.72. The van der Waals surface area contributed by atoms with Crippen LogP contribution in [0.15, 0.2) is 47.6 Å². The van der Waals surface area contributed by atoms with Gasteiger partial charge in [0.2, 0.25) is 0 Å². The normalized spacial score (nSPS) is 11.5. The number of carbonyl (C=O) groups excluding carboxylic acids is 1. The van der Waals surface area contributed by atoms with Crippen LogP contribution in [0.3, 0.4) is 0 Å². The van der Waals surface area contributed by atoms with Crippen molar-refractivity contribution in [1.29, 1.82) is 0 Å². The van der Waals surface area contributed by atoms with Gasteiger partial charge in [-0.25, -0.2) is 8.78 Å². The van der Waals surface area contributed by atoms with Crippen molar-refractivity contribution in [1.82, 2.24) is 4.98 Å². The molecule has 1 aromatic heterocycles. The van der Waals surface area contributed by atoms with Crippen molar-refractivity contribution in [3.63, 3.8) is 0 Å². The summed E-state index contributed by atoms with van der Waals surface area (Å²) in [5.74, 6) is -3.52. The van der Waals surface area contributed by atoms with Gasteiger partial charge >= 0.3 is 6.18 Å². The fourth-order valence-electron chi connectivity index (χ4n) is 2.71. The third-order valence-electron chi connectivity index (χ3n) is 3.87. The molecular weight excluding hydrogens is 383 g/mol. The number of alkyl halides is 3. The van der Waals surface area contributed by atoms with E-state index in [9.17, 15) is 26.7 Å². The zero-order chi connectivity index (χ0) is 20.6. The van der Waals surface area contributed by atoms with Gasteiger partial charge in [-0.3, -0.25) is 9.78 Å². The fraction of sp³-hybridized carbons (Fsp3) is 0.0556. The van der Waals surface area contributed by atoms with Gasteiger partial charge in [-0.05, 0) is 29.7 Å². The van der Waals surface area contributed by atoms with Crippen LogP contribution in [-0.2, 0) is 6.18 Å². The van der Waals surface area contributed by atoms with E-state index in [0.29, 0.717) is 6.20 Å². The molecule has 3 aromatic rings. The predicted molar refractivity (Wildman–Crippen MR) is 92.2 cm³/mol. The molecule has 0 aliphatic heterocycles. The van der Waals surface area contributed by atoms with Gasteiger partial charge in [0.15, 0.2) is 5.96 Å². The van der Waals surface area contributed by atoms with Crippen LogP contribution >= 0.6 is 0 Å². The van der Waals surface area contributed by atoms with E-state index in [0.717, 1.165) is 36.4 Å². The summed E-state index contributed by atoms with van der Waals surface area (Å²) in [6, 6.07) is 6.07. The van der Waals surface area contributed by atoms with Crippen LogP contribution < -0.4 is 11.5 Å². The number of aliphatic imine (C=N–C) groups is 1. The molecule has 10 heteroatoms. The van der Waals surface area contributed by atoms with Gasteiger partial charge in [-0.2, -0.15) is 18.2 Å². The Balaban J connectivity index is 2.39. The van der Waals surface area contributed by atoms with E-state index >= 15 is 0 Å². The summed E-state index contributed by atoms with van der Waals surface area (Å²) in [7, 11) is 0. The Labute approximate surface area is 154 Å². The molecule has 5 nitrogen and oxygen atoms in total. The number of benzene rings is 2. The second-order valence-electron chi connectivity index (χ2n) is 5.72. The number of carbonyl (C=O) groups is 1. The molecule has 0 radical (unpaired) electrons. The van der Waals surface area contributed by atoms with E-state index in [-0.39, 0.29) is 16.3 Å². The van der Waals surface area contributed by atoms with Gasteiger partial charge in [0.25, 0.3) is 5.91 Å². The third-order valence-corrected chi connectivity index (χ3v) is 3.87.